The first-order chi connectivity index (χ1) is 7.13. The highest BCUT2D eigenvalue weighted by Crippen LogP contribution is 2.15. The zero-order chi connectivity index (χ0) is 11.3. The van der Waals surface area contributed by atoms with E-state index in [1.54, 1.807) is 6.20 Å². The summed E-state index contributed by atoms with van der Waals surface area (Å²) >= 11 is 0. The third kappa shape index (κ3) is 3.88. The fourth-order valence-corrected chi connectivity index (χ4v) is 1.60. The van der Waals surface area contributed by atoms with Crippen LogP contribution >= 0.6 is 0 Å². The first-order valence-electron chi connectivity index (χ1n) is 5.41. The highest BCUT2D eigenvalue weighted by molar-refractivity contribution is 5.49. The molecule has 1 atom stereocenters. The van der Waals surface area contributed by atoms with Gasteiger partial charge in [-0.25, -0.2) is 0 Å². The number of rotatable bonds is 5. The molecule has 15 heavy (non-hydrogen) atoms. The zero-order valence-corrected chi connectivity index (χ0v) is 9.70. The van der Waals surface area contributed by atoms with E-state index in [-0.39, 0.29) is 12.6 Å². The SMILES string of the molecule is Cc1cnccc1NC(CO)CC(C)C. The molecule has 2 N–H and O–H groups in total. The van der Waals surface area contributed by atoms with Gasteiger partial charge in [-0.05, 0) is 30.9 Å². The van der Waals surface area contributed by atoms with Crippen LogP contribution in [0.15, 0.2) is 18.5 Å². The van der Waals surface area contributed by atoms with Crippen molar-refractivity contribution in [2.45, 2.75) is 33.2 Å². The molecular formula is C12H20N2O. The Hall–Kier alpha value is -1.09. The zero-order valence-electron chi connectivity index (χ0n) is 9.70. The van der Waals surface area contributed by atoms with Crippen molar-refractivity contribution >= 4 is 5.69 Å². The summed E-state index contributed by atoms with van der Waals surface area (Å²) < 4.78 is 0. The molecule has 0 radical (unpaired) electrons. The van der Waals surface area contributed by atoms with Crippen LogP contribution in [0.3, 0.4) is 0 Å². The first-order valence-corrected chi connectivity index (χ1v) is 5.41. The molecule has 84 valence electrons. The predicted molar refractivity (Wildman–Crippen MR) is 62.9 cm³/mol. The minimum atomic E-state index is 0.131. The van der Waals surface area contributed by atoms with Crippen LogP contribution < -0.4 is 5.32 Å². The molecule has 1 rings (SSSR count). The molecule has 0 spiro atoms. The molecule has 0 saturated carbocycles. The molecule has 0 bridgehead atoms. The Kier molecular flexibility index (Phi) is 4.56. The number of nitrogens with one attached hydrogen (secondary N) is 1. The van der Waals surface area contributed by atoms with Gasteiger partial charge < -0.3 is 10.4 Å². The number of aliphatic hydroxyl groups excluding tert-OH is 1. The quantitative estimate of drug-likeness (QED) is 0.779. The van der Waals surface area contributed by atoms with Gasteiger partial charge in [0, 0.05) is 24.1 Å². The minimum absolute atomic E-state index is 0.131. The Balaban J connectivity index is 2.62. The summed E-state index contributed by atoms with van der Waals surface area (Å²) in [6.45, 7) is 6.49. The van der Waals surface area contributed by atoms with Crippen LogP contribution in [0.4, 0.5) is 5.69 Å². The Morgan fingerprint density at radius 2 is 2.20 bits per heavy atom. The van der Waals surface area contributed by atoms with Crippen molar-refractivity contribution in [2.24, 2.45) is 5.92 Å². The largest absolute Gasteiger partial charge is 0.394 e. The van der Waals surface area contributed by atoms with Crippen LogP contribution in [-0.4, -0.2) is 22.7 Å². The standard InChI is InChI=1S/C12H20N2O/c1-9(2)6-11(8-15)14-12-4-5-13-7-10(12)3/h4-5,7,9,11,15H,6,8H2,1-3H3,(H,13,14). The maximum absolute atomic E-state index is 9.25. The topological polar surface area (TPSA) is 45.2 Å². The maximum atomic E-state index is 9.25. The van der Waals surface area contributed by atoms with E-state index in [0.29, 0.717) is 5.92 Å². The van der Waals surface area contributed by atoms with Gasteiger partial charge >= 0.3 is 0 Å². The number of pyridine rings is 1. The van der Waals surface area contributed by atoms with Crippen molar-refractivity contribution in [2.75, 3.05) is 11.9 Å². The van der Waals surface area contributed by atoms with E-state index < -0.39 is 0 Å². The molecule has 3 nitrogen and oxygen atoms in total. The molecule has 0 fully saturated rings. The van der Waals surface area contributed by atoms with Gasteiger partial charge in [-0.2, -0.15) is 0 Å². The number of aromatic nitrogens is 1. The summed E-state index contributed by atoms with van der Waals surface area (Å²) in [7, 11) is 0. The number of hydrogen-bond donors (Lipinski definition) is 2. The van der Waals surface area contributed by atoms with Gasteiger partial charge in [-0.3, -0.25) is 4.98 Å². The molecule has 1 heterocycles. The van der Waals surface area contributed by atoms with Crippen LogP contribution in [0, 0.1) is 12.8 Å². The summed E-state index contributed by atoms with van der Waals surface area (Å²) in [4.78, 5) is 4.04. The highest BCUT2D eigenvalue weighted by Gasteiger charge is 2.10. The molecular weight excluding hydrogens is 188 g/mol. The number of aliphatic hydroxyl groups is 1. The smallest absolute Gasteiger partial charge is 0.0632 e. The van der Waals surface area contributed by atoms with Crippen molar-refractivity contribution in [1.29, 1.82) is 0 Å². The highest BCUT2D eigenvalue weighted by atomic mass is 16.3. The lowest BCUT2D eigenvalue weighted by Crippen LogP contribution is -2.25. The third-order valence-corrected chi connectivity index (χ3v) is 2.36. The van der Waals surface area contributed by atoms with Crippen LogP contribution in [0.5, 0.6) is 0 Å². The Labute approximate surface area is 91.5 Å². The van der Waals surface area contributed by atoms with Crippen molar-refractivity contribution < 1.29 is 5.11 Å². The van der Waals surface area contributed by atoms with Crippen molar-refractivity contribution in [3.05, 3.63) is 24.0 Å². The van der Waals surface area contributed by atoms with Crippen molar-refractivity contribution in [3.8, 4) is 0 Å². The summed E-state index contributed by atoms with van der Waals surface area (Å²) in [6, 6.07) is 2.07. The van der Waals surface area contributed by atoms with Gasteiger partial charge in [0.2, 0.25) is 0 Å². The van der Waals surface area contributed by atoms with E-state index in [0.717, 1.165) is 17.7 Å². The van der Waals surface area contributed by atoms with Gasteiger partial charge in [0.15, 0.2) is 0 Å². The average Bonchev–Trinajstić information content (AvgIpc) is 2.19. The monoisotopic (exact) mass is 208 g/mol. The van der Waals surface area contributed by atoms with E-state index in [4.69, 9.17) is 0 Å². The van der Waals surface area contributed by atoms with Crippen LogP contribution in [0.1, 0.15) is 25.8 Å². The molecule has 1 unspecified atom stereocenters. The molecule has 0 saturated heterocycles. The molecule has 0 aliphatic rings. The second kappa shape index (κ2) is 5.71. The lowest BCUT2D eigenvalue weighted by molar-refractivity contribution is 0.259. The van der Waals surface area contributed by atoms with E-state index >= 15 is 0 Å². The third-order valence-electron chi connectivity index (χ3n) is 2.36. The number of hydrogen-bond acceptors (Lipinski definition) is 3. The van der Waals surface area contributed by atoms with Crippen molar-refractivity contribution in [3.63, 3.8) is 0 Å². The fourth-order valence-electron chi connectivity index (χ4n) is 1.60. The summed E-state index contributed by atoms with van der Waals surface area (Å²) in [5.41, 5.74) is 2.17. The summed E-state index contributed by atoms with van der Waals surface area (Å²) in [6.07, 6.45) is 4.56. The van der Waals surface area contributed by atoms with Gasteiger partial charge in [0.1, 0.15) is 0 Å². The van der Waals surface area contributed by atoms with Crippen LogP contribution in [-0.2, 0) is 0 Å². The molecule has 1 aromatic rings. The number of nitrogens with zero attached hydrogens (tertiary/aromatic N) is 1. The lowest BCUT2D eigenvalue weighted by Gasteiger charge is -2.20. The van der Waals surface area contributed by atoms with E-state index in [1.165, 1.54) is 0 Å². The normalized spacial score (nSPS) is 12.9. The lowest BCUT2D eigenvalue weighted by atomic mass is 10.0. The fraction of sp³-hybridized carbons (Fsp3) is 0.583. The molecule has 1 aromatic heterocycles. The van der Waals surface area contributed by atoms with Gasteiger partial charge in [0.25, 0.3) is 0 Å². The summed E-state index contributed by atoms with van der Waals surface area (Å²) in [5, 5.41) is 12.6. The van der Waals surface area contributed by atoms with Gasteiger partial charge in [0.05, 0.1) is 6.61 Å². The average molecular weight is 208 g/mol. The Morgan fingerprint density at radius 3 is 2.73 bits per heavy atom. The number of anilines is 1. The van der Waals surface area contributed by atoms with Crippen LogP contribution in [0.2, 0.25) is 0 Å². The molecule has 0 amide bonds. The summed E-state index contributed by atoms with van der Waals surface area (Å²) in [5.74, 6) is 0.580. The predicted octanol–water partition coefficient (Wildman–Crippen LogP) is 2.21. The molecule has 0 aliphatic carbocycles. The second-order valence-electron chi connectivity index (χ2n) is 4.34. The molecule has 0 aromatic carbocycles. The van der Waals surface area contributed by atoms with Crippen LogP contribution in [0.25, 0.3) is 0 Å². The Morgan fingerprint density at radius 1 is 1.47 bits per heavy atom. The molecule has 0 aliphatic heterocycles. The second-order valence-corrected chi connectivity index (χ2v) is 4.34. The molecule has 3 heteroatoms. The Bertz CT molecular complexity index is 299. The van der Waals surface area contributed by atoms with E-state index in [2.05, 4.69) is 24.1 Å². The maximum Gasteiger partial charge on any atom is 0.0632 e. The van der Waals surface area contributed by atoms with E-state index in [1.807, 2.05) is 19.2 Å². The van der Waals surface area contributed by atoms with Gasteiger partial charge in [-0.15, -0.1) is 0 Å². The number of aryl methyl sites for hydroxylation is 1. The van der Waals surface area contributed by atoms with Gasteiger partial charge in [-0.1, -0.05) is 13.8 Å². The first kappa shape index (κ1) is 12.0. The minimum Gasteiger partial charge on any atom is -0.394 e. The van der Waals surface area contributed by atoms with E-state index in [9.17, 15) is 5.11 Å². The van der Waals surface area contributed by atoms with Crippen molar-refractivity contribution in [1.82, 2.24) is 4.98 Å².